The van der Waals surface area contributed by atoms with Crippen LogP contribution in [-0.2, 0) is 6.67 Å². The lowest BCUT2D eigenvalue weighted by molar-refractivity contribution is 0.102. The van der Waals surface area contributed by atoms with Gasteiger partial charge in [0.2, 0.25) is 0 Å². The Labute approximate surface area is 146 Å². The van der Waals surface area contributed by atoms with E-state index in [9.17, 15) is 14.0 Å². The van der Waals surface area contributed by atoms with Crippen molar-refractivity contribution in [3.8, 4) is 0 Å². The summed E-state index contributed by atoms with van der Waals surface area (Å²) < 4.78 is 12.8. The number of carbonyl (C=O) groups excluding carboxylic acids is 1. The van der Waals surface area contributed by atoms with E-state index in [1.165, 1.54) is 11.8 Å². The maximum Gasteiger partial charge on any atom is 0.277 e. The number of hydrogen-bond donors (Lipinski definition) is 3. The number of aromatic amines is 2. The van der Waals surface area contributed by atoms with Crippen molar-refractivity contribution in [1.82, 2.24) is 9.97 Å². The minimum Gasteiger partial charge on any atom is -0.349 e. The number of ketones is 1. The van der Waals surface area contributed by atoms with Gasteiger partial charge in [-0.05, 0) is 17.8 Å². The van der Waals surface area contributed by atoms with Crippen LogP contribution in [0.15, 0.2) is 29.1 Å². The van der Waals surface area contributed by atoms with E-state index in [4.69, 9.17) is 12.2 Å². The maximum absolute atomic E-state index is 12.5. The van der Waals surface area contributed by atoms with Crippen molar-refractivity contribution in [2.24, 2.45) is 0 Å². The van der Waals surface area contributed by atoms with E-state index < -0.39 is 6.67 Å². The Balaban J connectivity index is 1.67. The molecule has 0 fully saturated rings. The number of halogens is 1. The van der Waals surface area contributed by atoms with Gasteiger partial charge in [-0.3, -0.25) is 14.6 Å². The third-order valence-electron chi connectivity index (χ3n) is 3.70. The number of nitrogens with zero attached hydrogens (tertiary/aromatic N) is 1. The van der Waals surface area contributed by atoms with Crippen molar-refractivity contribution in [3.63, 3.8) is 0 Å². The fourth-order valence-electron chi connectivity index (χ4n) is 2.38. The molecule has 9 heteroatoms. The standard InChI is InChI=1S/C15H15FN4O2S2/c1-20-12-11(13(22)19-14(23)18-12)17-15(20)24-7-10(21)9-4-2-8(6-16)3-5-9/h2-5,15,17H,6-7H2,1H3,(H2,18,19,22,23). The number of carbonyl (C=O) groups is 1. The Bertz CT molecular complexity index is 878. The second-order valence-electron chi connectivity index (χ2n) is 5.30. The van der Waals surface area contributed by atoms with Gasteiger partial charge in [0, 0.05) is 12.6 Å². The molecule has 1 unspecified atom stereocenters. The molecule has 1 atom stereocenters. The molecule has 0 aliphatic carbocycles. The van der Waals surface area contributed by atoms with Gasteiger partial charge in [-0.1, -0.05) is 24.3 Å². The molecular formula is C15H15FN4O2S2. The summed E-state index contributed by atoms with van der Waals surface area (Å²) in [6.07, 6.45) is 0. The van der Waals surface area contributed by atoms with Crippen LogP contribution in [0.2, 0.25) is 0 Å². The minimum atomic E-state index is -0.547. The van der Waals surface area contributed by atoms with Crippen LogP contribution in [-0.4, -0.2) is 34.0 Å². The summed E-state index contributed by atoms with van der Waals surface area (Å²) in [6.45, 7) is -0.547. The van der Waals surface area contributed by atoms with E-state index >= 15 is 0 Å². The normalized spacial score (nSPS) is 15.9. The van der Waals surface area contributed by atoms with E-state index in [-0.39, 0.29) is 27.4 Å². The average molecular weight is 366 g/mol. The van der Waals surface area contributed by atoms with Crippen LogP contribution in [0.3, 0.4) is 0 Å². The summed E-state index contributed by atoms with van der Waals surface area (Å²) in [5, 5.41) is 3.07. The van der Waals surface area contributed by atoms with E-state index in [2.05, 4.69) is 15.3 Å². The van der Waals surface area contributed by atoms with Crippen LogP contribution in [0.25, 0.3) is 0 Å². The lowest BCUT2D eigenvalue weighted by Crippen LogP contribution is -2.30. The zero-order chi connectivity index (χ0) is 17.3. The van der Waals surface area contributed by atoms with Crippen molar-refractivity contribution < 1.29 is 9.18 Å². The van der Waals surface area contributed by atoms with Crippen molar-refractivity contribution in [2.75, 3.05) is 23.0 Å². The van der Waals surface area contributed by atoms with Crippen LogP contribution in [0.1, 0.15) is 15.9 Å². The fraction of sp³-hybridized carbons (Fsp3) is 0.267. The highest BCUT2D eigenvalue weighted by Gasteiger charge is 2.29. The third kappa shape index (κ3) is 3.22. The zero-order valence-electron chi connectivity index (χ0n) is 12.8. The smallest absolute Gasteiger partial charge is 0.277 e. The fourth-order valence-corrected chi connectivity index (χ4v) is 3.58. The van der Waals surface area contributed by atoms with Crippen LogP contribution in [0.4, 0.5) is 15.9 Å². The van der Waals surface area contributed by atoms with Gasteiger partial charge >= 0.3 is 0 Å². The molecule has 0 spiro atoms. The van der Waals surface area contributed by atoms with E-state index in [1.807, 2.05) is 11.9 Å². The third-order valence-corrected chi connectivity index (χ3v) is 5.08. The van der Waals surface area contributed by atoms with Gasteiger partial charge < -0.3 is 15.2 Å². The van der Waals surface area contributed by atoms with Gasteiger partial charge in [-0.15, -0.1) is 11.8 Å². The maximum atomic E-state index is 12.5. The Hall–Kier alpha value is -2.13. The summed E-state index contributed by atoms with van der Waals surface area (Å²) in [4.78, 5) is 31.4. The zero-order valence-corrected chi connectivity index (χ0v) is 14.4. The average Bonchev–Trinajstić information content (AvgIpc) is 2.89. The van der Waals surface area contributed by atoms with Crippen molar-refractivity contribution >= 4 is 41.3 Å². The summed E-state index contributed by atoms with van der Waals surface area (Å²) in [7, 11) is 1.81. The van der Waals surface area contributed by atoms with Gasteiger partial charge in [-0.25, -0.2) is 4.39 Å². The van der Waals surface area contributed by atoms with Crippen molar-refractivity contribution in [2.45, 2.75) is 12.2 Å². The second kappa shape index (κ2) is 6.78. The highest BCUT2D eigenvalue weighted by atomic mass is 32.2. The summed E-state index contributed by atoms with van der Waals surface area (Å²) in [6, 6.07) is 6.46. The molecule has 2 aromatic rings. The molecule has 126 valence electrons. The van der Waals surface area contributed by atoms with Gasteiger partial charge in [0.25, 0.3) is 5.56 Å². The SMILES string of the molecule is CN1c2[nH]c(=S)[nH]c(=O)c2NC1SCC(=O)c1ccc(CF)cc1. The van der Waals surface area contributed by atoms with Crippen LogP contribution >= 0.6 is 24.0 Å². The number of alkyl halides is 1. The molecule has 0 saturated heterocycles. The summed E-state index contributed by atoms with van der Waals surface area (Å²) in [5.41, 5.74) is 0.930. The number of nitrogens with one attached hydrogen (secondary N) is 3. The Morgan fingerprint density at radius 1 is 1.33 bits per heavy atom. The summed E-state index contributed by atoms with van der Waals surface area (Å²) in [5.74, 6) is 0.767. The number of Topliss-reactive ketones (excluding diaryl/α,β-unsaturated/α-hetero) is 1. The molecule has 3 N–H and O–H groups in total. The molecule has 0 amide bonds. The molecule has 3 rings (SSSR count). The molecule has 6 nitrogen and oxygen atoms in total. The number of aromatic nitrogens is 2. The van der Waals surface area contributed by atoms with Crippen molar-refractivity contribution in [3.05, 3.63) is 50.5 Å². The van der Waals surface area contributed by atoms with Gasteiger partial charge in [0.15, 0.2) is 10.6 Å². The van der Waals surface area contributed by atoms with E-state index in [0.29, 0.717) is 22.6 Å². The molecule has 0 radical (unpaired) electrons. The van der Waals surface area contributed by atoms with Gasteiger partial charge in [-0.2, -0.15) is 0 Å². The number of thioether (sulfide) groups is 1. The highest BCUT2D eigenvalue weighted by molar-refractivity contribution is 8.00. The quantitative estimate of drug-likeness (QED) is 0.558. The second-order valence-corrected chi connectivity index (χ2v) is 6.78. The number of rotatable bonds is 5. The minimum absolute atomic E-state index is 0.0570. The predicted molar refractivity (Wildman–Crippen MR) is 96.1 cm³/mol. The first kappa shape index (κ1) is 16.7. The number of fused-ring (bicyclic) bond motifs is 1. The van der Waals surface area contributed by atoms with Crippen LogP contribution < -0.4 is 15.8 Å². The monoisotopic (exact) mass is 366 g/mol. The highest BCUT2D eigenvalue weighted by Crippen LogP contribution is 2.32. The van der Waals surface area contributed by atoms with Crippen LogP contribution in [0, 0.1) is 4.77 Å². The molecule has 1 aliphatic heterocycles. The molecule has 2 heterocycles. The molecular weight excluding hydrogens is 351 g/mol. The Morgan fingerprint density at radius 2 is 2.04 bits per heavy atom. The van der Waals surface area contributed by atoms with Crippen molar-refractivity contribution in [1.29, 1.82) is 0 Å². The number of anilines is 2. The lowest BCUT2D eigenvalue weighted by atomic mass is 10.1. The van der Waals surface area contributed by atoms with Crippen LogP contribution in [0.5, 0.6) is 0 Å². The number of hydrogen-bond acceptors (Lipinski definition) is 6. The van der Waals surface area contributed by atoms with E-state index in [1.54, 1.807) is 24.3 Å². The first-order valence-corrected chi connectivity index (χ1v) is 8.61. The van der Waals surface area contributed by atoms with Gasteiger partial charge in [0.1, 0.15) is 23.7 Å². The summed E-state index contributed by atoms with van der Waals surface area (Å²) >= 11 is 6.33. The molecule has 1 aromatic heterocycles. The Morgan fingerprint density at radius 3 is 2.71 bits per heavy atom. The Kier molecular flexibility index (Phi) is 4.72. The number of benzene rings is 1. The molecule has 0 saturated carbocycles. The van der Waals surface area contributed by atoms with E-state index in [0.717, 1.165) is 0 Å². The first-order chi connectivity index (χ1) is 11.5. The largest absolute Gasteiger partial charge is 0.349 e. The predicted octanol–water partition coefficient (Wildman–Crippen LogP) is 2.66. The molecule has 1 aliphatic rings. The molecule has 24 heavy (non-hydrogen) atoms. The van der Waals surface area contributed by atoms with Gasteiger partial charge in [0.05, 0.1) is 5.75 Å². The molecule has 1 aromatic carbocycles. The topological polar surface area (TPSA) is 81.0 Å². The first-order valence-electron chi connectivity index (χ1n) is 7.15. The molecule has 0 bridgehead atoms. The lowest BCUT2D eigenvalue weighted by Gasteiger charge is -2.20. The number of H-pyrrole nitrogens is 2.